The zero-order chi connectivity index (χ0) is 12.1. The molecule has 17 heavy (non-hydrogen) atoms. The van der Waals surface area contributed by atoms with Gasteiger partial charge in [-0.25, -0.2) is 9.97 Å². The molecule has 0 atom stereocenters. The van der Waals surface area contributed by atoms with Gasteiger partial charge in [-0.15, -0.1) is 0 Å². The standard InChI is InChI=1S/C12H16N4O/c1-16(5-4-13)12-14-8-11(9-15-12)10-2-6-17-7-3-10/h8-10H,2-3,5-7H2,1H3. The summed E-state index contributed by atoms with van der Waals surface area (Å²) < 4.78 is 5.33. The van der Waals surface area contributed by atoms with Crippen molar-refractivity contribution in [3.8, 4) is 6.07 Å². The number of ether oxygens (including phenoxy) is 1. The smallest absolute Gasteiger partial charge is 0.225 e. The summed E-state index contributed by atoms with van der Waals surface area (Å²) in [4.78, 5) is 10.3. The van der Waals surface area contributed by atoms with Crippen molar-refractivity contribution < 1.29 is 4.74 Å². The highest BCUT2D eigenvalue weighted by molar-refractivity contribution is 5.30. The van der Waals surface area contributed by atoms with Crippen LogP contribution in [0.25, 0.3) is 0 Å². The predicted molar refractivity (Wildman–Crippen MR) is 63.7 cm³/mol. The van der Waals surface area contributed by atoms with Crippen LogP contribution in [-0.2, 0) is 4.74 Å². The third-order valence-corrected chi connectivity index (χ3v) is 3.00. The summed E-state index contributed by atoms with van der Waals surface area (Å²) in [7, 11) is 1.81. The van der Waals surface area contributed by atoms with E-state index >= 15 is 0 Å². The van der Waals surface area contributed by atoms with Crippen LogP contribution < -0.4 is 4.90 Å². The molecule has 2 heterocycles. The number of nitriles is 1. The van der Waals surface area contributed by atoms with Crippen molar-refractivity contribution >= 4 is 5.95 Å². The quantitative estimate of drug-likeness (QED) is 0.736. The Bertz CT molecular complexity index is 392. The third kappa shape index (κ3) is 2.92. The van der Waals surface area contributed by atoms with Crippen LogP contribution >= 0.6 is 0 Å². The fourth-order valence-corrected chi connectivity index (χ4v) is 1.95. The monoisotopic (exact) mass is 232 g/mol. The van der Waals surface area contributed by atoms with Crippen LogP contribution in [0.5, 0.6) is 0 Å². The van der Waals surface area contributed by atoms with Crippen molar-refractivity contribution in [1.82, 2.24) is 9.97 Å². The highest BCUT2D eigenvalue weighted by atomic mass is 16.5. The fraction of sp³-hybridized carbons (Fsp3) is 0.583. The Balaban J connectivity index is 2.04. The lowest BCUT2D eigenvalue weighted by Crippen LogP contribution is -2.20. The summed E-state index contributed by atoms with van der Waals surface area (Å²) in [6.07, 6.45) is 5.81. The Morgan fingerprint density at radius 3 is 2.65 bits per heavy atom. The van der Waals surface area contributed by atoms with E-state index in [1.54, 1.807) is 4.90 Å². The van der Waals surface area contributed by atoms with Crippen molar-refractivity contribution in [3.63, 3.8) is 0 Å². The minimum absolute atomic E-state index is 0.302. The van der Waals surface area contributed by atoms with E-state index in [0.29, 0.717) is 18.4 Å². The van der Waals surface area contributed by atoms with Crippen LogP contribution in [0.1, 0.15) is 24.3 Å². The lowest BCUT2D eigenvalue weighted by atomic mass is 9.94. The second kappa shape index (κ2) is 5.60. The van der Waals surface area contributed by atoms with E-state index in [4.69, 9.17) is 10.00 Å². The average molecular weight is 232 g/mol. The molecule has 0 N–H and O–H groups in total. The molecule has 1 aliphatic heterocycles. The Kier molecular flexibility index (Phi) is 3.89. The summed E-state index contributed by atoms with van der Waals surface area (Å²) >= 11 is 0. The molecule has 0 bridgehead atoms. The van der Waals surface area contributed by atoms with E-state index < -0.39 is 0 Å². The number of anilines is 1. The van der Waals surface area contributed by atoms with Crippen LogP contribution in [0, 0.1) is 11.3 Å². The van der Waals surface area contributed by atoms with Crippen molar-refractivity contribution in [2.24, 2.45) is 0 Å². The second-order valence-corrected chi connectivity index (χ2v) is 4.22. The zero-order valence-electron chi connectivity index (χ0n) is 9.96. The molecule has 0 unspecified atom stereocenters. The third-order valence-electron chi connectivity index (χ3n) is 3.00. The van der Waals surface area contributed by atoms with E-state index in [1.165, 1.54) is 5.56 Å². The lowest BCUT2D eigenvalue weighted by Gasteiger charge is -2.22. The molecule has 0 saturated carbocycles. The van der Waals surface area contributed by atoms with Crippen LogP contribution in [0.2, 0.25) is 0 Å². The van der Waals surface area contributed by atoms with Gasteiger partial charge >= 0.3 is 0 Å². The highest BCUT2D eigenvalue weighted by Gasteiger charge is 2.16. The summed E-state index contributed by atoms with van der Waals surface area (Å²) in [6, 6.07) is 2.07. The van der Waals surface area contributed by atoms with Gasteiger partial charge in [0.1, 0.15) is 6.54 Å². The summed E-state index contributed by atoms with van der Waals surface area (Å²) in [5.74, 6) is 1.11. The molecule has 1 aromatic heterocycles. The number of aromatic nitrogens is 2. The van der Waals surface area contributed by atoms with Crippen molar-refractivity contribution in [2.75, 3.05) is 31.7 Å². The molecule has 1 aromatic rings. The molecule has 0 spiro atoms. The molecular weight excluding hydrogens is 216 g/mol. The molecule has 1 fully saturated rings. The van der Waals surface area contributed by atoms with Gasteiger partial charge in [-0.3, -0.25) is 0 Å². The molecule has 1 aliphatic rings. The van der Waals surface area contributed by atoms with Crippen molar-refractivity contribution in [2.45, 2.75) is 18.8 Å². The van der Waals surface area contributed by atoms with Gasteiger partial charge in [0.05, 0.1) is 6.07 Å². The Morgan fingerprint density at radius 1 is 1.41 bits per heavy atom. The van der Waals surface area contributed by atoms with Gasteiger partial charge in [-0.2, -0.15) is 5.26 Å². The summed E-state index contributed by atoms with van der Waals surface area (Å²) in [5.41, 5.74) is 1.17. The van der Waals surface area contributed by atoms with Gasteiger partial charge in [-0.05, 0) is 24.3 Å². The number of hydrogen-bond donors (Lipinski definition) is 0. The summed E-state index contributed by atoms with van der Waals surface area (Å²) in [6.45, 7) is 1.94. The van der Waals surface area contributed by atoms with Gasteiger partial charge in [-0.1, -0.05) is 0 Å². The Morgan fingerprint density at radius 2 is 2.06 bits per heavy atom. The van der Waals surface area contributed by atoms with Crippen LogP contribution in [0.3, 0.4) is 0 Å². The van der Waals surface area contributed by atoms with E-state index in [1.807, 2.05) is 19.4 Å². The Labute approximate surface area is 101 Å². The van der Waals surface area contributed by atoms with Crippen LogP contribution in [0.15, 0.2) is 12.4 Å². The normalized spacial score (nSPS) is 16.5. The van der Waals surface area contributed by atoms with E-state index in [-0.39, 0.29) is 0 Å². The molecule has 5 nitrogen and oxygen atoms in total. The first-order valence-corrected chi connectivity index (χ1v) is 5.79. The SMILES string of the molecule is CN(CC#N)c1ncc(C2CCOCC2)cn1. The van der Waals surface area contributed by atoms with Crippen LogP contribution in [0.4, 0.5) is 5.95 Å². The number of hydrogen-bond acceptors (Lipinski definition) is 5. The molecule has 90 valence electrons. The molecule has 0 aromatic carbocycles. The maximum absolute atomic E-state index is 8.60. The molecule has 5 heteroatoms. The second-order valence-electron chi connectivity index (χ2n) is 4.22. The maximum Gasteiger partial charge on any atom is 0.225 e. The topological polar surface area (TPSA) is 62.0 Å². The molecule has 0 radical (unpaired) electrons. The first kappa shape index (κ1) is 11.8. The minimum Gasteiger partial charge on any atom is -0.381 e. The average Bonchev–Trinajstić information content (AvgIpc) is 2.40. The van der Waals surface area contributed by atoms with Gasteiger partial charge in [0.2, 0.25) is 5.95 Å². The molecule has 0 amide bonds. The maximum atomic E-state index is 8.60. The lowest BCUT2D eigenvalue weighted by molar-refractivity contribution is 0.0852. The highest BCUT2D eigenvalue weighted by Crippen LogP contribution is 2.26. The number of rotatable bonds is 3. The van der Waals surface area contributed by atoms with Crippen molar-refractivity contribution in [3.05, 3.63) is 18.0 Å². The molecule has 0 aliphatic carbocycles. The Hall–Kier alpha value is -1.67. The number of nitrogens with zero attached hydrogens (tertiary/aromatic N) is 4. The predicted octanol–water partition coefficient (Wildman–Crippen LogP) is 1.33. The largest absolute Gasteiger partial charge is 0.381 e. The fourth-order valence-electron chi connectivity index (χ4n) is 1.95. The minimum atomic E-state index is 0.302. The van der Waals surface area contributed by atoms with E-state index in [9.17, 15) is 0 Å². The van der Waals surface area contributed by atoms with Gasteiger partial charge in [0.25, 0.3) is 0 Å². The van der Waals surface area contributed by atoms with Gasteiger partial charge in [0, 0.05) is 32.7 Å². The van der Waals surface area contributed by atoms with E-state index in [0.717, 1.165) is 26.1 Å². The first-order valence-electron chi connectivity index (χ1n) is 5.79. The van der Waals surface area contributed by atoms with Gasteiger partial charge < -0.3 is 9.64 Å². The first-order chi connectivity index (χ1) is 8.31. The van der Waals surface area contributed by atoms with Crippen molar-refractivity contribution in [1.29, 1.82) is 5.26 Å². The summed E-state index contributed by atoms with van der Waals surface area (Å²) in [5, 5.41) is 8.60. The van der Waals surface area contributed by atoms with Gasteiger partial charge in [0.15, 0.2) is 0 Å². The van der Waals surface area contributed by atoms with E-state index in [2.05, 4.69) is 16.0 Å². The molecule has 2 rings (SSSR count). The zero-order valence-corrected chi connectivity index (χ0v) is 9.96. The molecule has 1 saturated heterocycles. The van der Waals surface area contributed by atoms with Crippen LogP contribution in [-0.4, -0.2) is 36.8 Å². The molecular formula is C12H16N4O.